The number of pyridine rings is 2. The molecule has 0 N–H and O–H groups in total. The first-order chi connectivity index (χ1) is 6.88. The zero-order valence-corrected chi connectivity index (χ0v) is 8.24. The Balaban J connectivity index is 2.35. The van der Waals surface area contributed by atoms with Gasteiger partial charge in [-0.2, -0.15) is 0 Å². The lowest BCUT2D eigenvalue weighted by Crippen LogP contribution is -2.03. The highest BCUT2D eigenvalue weighted by atomic mass is 32.1. The van der Waals surface area contributed by atoms with Gasteiger partial charge in [-0.25, -0.2) is 0 Å². The topological polar surface area (TPSA) is 25.8 Å². The van der Waals surface area contributed by atoms with Gasteiger partial charge < -0.3 is 0 Å². The van der Waals surface area contributed by atoms with Crippen LogP contribution in [0, 0.1) is 0 Å². The van der Waals surface area contributed by atoms with E-state index in [1.165, 1.54) is 0 Å². The SMILES string of the molecule is S=C(c1ccccn1)c1ccccn1. The van der Waals surface area contributed by atoms with Crippen molar-refractivity contribution in [1.29, 1.82) is 0 Å². The molecule has 0 radical (unpaired) electrons. The summed E-state index contributed by atoms with van der Waals surface area (Å²) in [6.45, 7) is 0. The third-order valence-electron chi connectivity index (χ3n) is 1.80. The molecule has 2 aromatic rings. The summed E-state index contributed by atoms with van der Waals surface area (Å²) in [6.07, 6.45) is 3.45. The van der Waals surface area contributed by atoms with Crippen LogP contribution in [0.2, 0.25) is 0 Å². The molecule has 0 atom stereocenters. The minimum atomic E-state index is 0.686. The first-order valence-corrected chi connectivity index (χ1v) is 4.65. The average molecular weight is 200 g/mol. The third kappa shape index (κ3) is 1.83. The summed E-state index contributed by atoms with van der Waals surface area (Å²) in [4.78, 5) is 9.03. The highest BCUT2D eigenvalue weighted by molar-refractivity contribution is 7.81. The fraction of sp³-hybridized carbons (Fsp3) is 0. The molecule has 0 aromatic carbocycles. The lowest BCUT2D eigenvalue weighted by molar-refractivity contribution is 1.26. The molecule has 0 aliphatic rings. The smallest absolute Gasteiger partial charge is 0.0890 e. The van der Waals surface area contributed by atoms with Gasteiger partial charge in [-0.15, -0.1) is 0 Å². The molecule has 2 rings (SSSR count). The summed E-state index contributed by atoms with van der Waals surface area (Å²) in [6, 6.07) is 11.3. The second-order valence-corrected chi connectivity index (χ2v) is 3.17. The Morgan fingerprint density at radius 1 is 0.857 bits per heavy atom. The molecule has 0 saturated carbocycles. The van der Waals surface area contributed by atoms with E-state index in [2.05, 4.69) is 9.97 Å². The Morgan fingerprint density at radius 2 is 1.36 bits per heavy atom. The molecule has 68 valence electrons. The Hall–Kier alpha value is -1.61. The normalized spacial score (nSPS) is 9.71. The summed E-state index contributed by atoms with van der Waals surface area (Å²) in [5.74, 6) is 0. The second-order valence-electron chi connectivity index (χ2n) is 2.76. The number of rotatable bonds is 2. The van der Waals surface area contributed by atoms with E-state index in [0.717, 1.165) is 11.4 Å². The van der Waals surface area contributed by atoms with Gasteiger partial charge in [-0.1, -0.05) is 24.4 Å². The number of hydrogen-bond acceptors (Lipinski definition) is 3. The van der Waals surface area contributed by atoms with Crippen LogP contribution in [0.25, 0.3) is 0 Å². The highest BCUT2D eigenvalue weighted by Crippen LogP contribution is 2.05. The molecule has 3 heteroatoms. The predicted molar refractivity (Wildman–Crippen MR) is 59.3 cm³/mol. The highest BCUT2D eigenvalue weighted by Gasteiger charge is 2.04. The van der Waals surface area contributed by atoms with Crippen LogP contribution >= 0.6 is 12.2 Å². The maximum Gasteiger partial charge on any atom is 0.0890 e. The molecule has 14 heavy (non-hydrogen) atoms. The van der Waals surface area contributed by atoms with Crippen molar-refractivity contribution in [2.24, 2.45) is 0 Å². The molecule has 0 saturated heterocycles. The Kier molecular flexibility index (Phi) is 2.60. The molecule has 2 aromatic heterocycles. The molecule has 0 aliphatic heterocycles. The first-order valence-electron chi connectivity index (χ1n) is 4.25. The van der Waals surface area contributed by atoms with Crippen molar-refractivity contribution in [3.63, 3.8) is 0 Å². The summed E-state index contributed by atoms with van der Waals surface area (Å²) < 4.78 is 0. The minimum absolute atomic E-state index is 0.686. The second kappa shape index (κ2) is 4.07. The summed E-state index contributed by atoms with van der Waals surface area (Å²) in [5.41, 5.74) is 1.59. The lowest BCUT2D eigenvalue weighted by Gasteiger charge is -2.00. The Labute approximate surface area is 87.7 Å². The van der Waals surface area contributed by atoms with Crippen molar-refractivity contribution >= 4 is 17.1 Å². The van der Waals surface area contributed by atoms with E-state index in [-0.39, 0.29) is 0 Å². The maximum atomic E-state index is 5.26. The van der Waals surface area contributed by atoms with Crippen LogP contribution in [-0.2, 0) is 0 Å². The standard InChI is InChI=1S/C11H8N2S/c14-11(9-5-1-3-7-12-9)10-6-2-4-8-13-10/h1-8H. The van der Waals surface area contributed by atoms with Crippen molar-refractivity contribution < 1.29 is 0 Å². The molecule has 0 spiro atoms. The first kappa shape index (κ1) is 8.97. The quantitative estimate of drug-likeness (QED) is 0.549. The van der Waals surface area contributed by atoms with E-state index in [9.17, 15) is 0 Å². The average Bonchev–Trinajstić information content (AvgIpc) is 2.30. The largest absolute Gasteiger partial charge is 0.255 e. The van der Waals surface area contributed by atoms with Gasteiger partial charge in [-0.3, -0.25) is 9.97 Å². The van der Waals surface area contributed by atoms with Crippen molar-refractivity contribution in [3.05, 3.63) is 60.2 Å². The van der Waals surface area contributed by atoms with Crippen LogP contribution in [0.1, 0.15) is 11.4 Å². The molecule has 0 unspecified atom stereocenters. The Bertz CT molecular complexity index is 384. The van der Waals surface area contributed by atoms with Gasteiger partial charge in [0.2, 0.25) is 0 Å². The zero-order chi connectivity index (χ0) is 9.80. The molecule has 0 bridgehead atoms. The van der Waals surface area contributed by atoms with Gasteiger partial charge in [0, 0.05) is 12.4 Å². The summed E-state index contributed by atoms with van der Waals surface area (Å²) in [5, 5.41) is 0. The van der Waals surface area contributed by atoms with Crippen molar-refractivity contribution in [1.82, 2.24) is 9.97 Å². The van der Waals surface area contributed by atoms with E-state index in [1.807, 2.05) is 36.4 Å². The van der Waals surface area contributed by atoms with Crippen LogP contribution in [0.4, 0.5) is 0 Å². The minimum Gasteiger partial charge on any atom is -0.255 e. The third-order valence-corrected chi connectivity index (χ3v) is 2.21. The van der Waals surface area contributed by atoms with E-state index < -0.39 is 0 Å². The molecular formula is C11H8N2S. The van der Waals surface area contributed by atoms with E-state index in [0.29, 0.717) is 4.86 Å². The fourth-order valence-electron chi connectivity index (χ4n) is 1.13. The number of hydrogen-bond donors (Lipinski definition) is 0. The number of aromatic nitrogens is 2. The molecule has 2 heterocycles. The van der Waals surface area contributed by atoms with Crippen LogP contribution in [0.5, 0.6) is 0 Å². The van der Waals surface area contributed by atoms with Gasteiger partial charge in [0.1, 0.15) is 0 Å². The molecule has 0 fully saturated rings. The van der Waals surface area contributed by atoms with Crippen LogP contribution in [0.15, 0.2) is 48.8 Å². The van der Waals surface area contributed by atoms with Crippen molar-refractivity contribution in [3.8, 4) is 0 Å². The molecule has 0 aliphatic carbocycles. The van der Waals surface area contributed by atoms with Gasteiger partial charge in [0.15, 0.2) is 0 Å². The van der Waals surface area contributed by atoms with E-state index >= 15 is 0 Å². The maximum absolute atomic E-state index is 5.26. The van der Waals surface area contributed by atoms with Crippen LogP contribution < -0.4 is 0 Å². The van der Waals surface area contributed by atoms with Crippen LogP contribution in [-0.4, -0.2) is 14.8 Å². The Morgan fingerprint density at radius 3 is 1.71 bits per heavy atom. The van der Waals surface area contributed by atoms with Crippen LogP contribution in [0.3, 0.4) is 0 Å². The number of nitrogens with zero attached hydrogens (tertiary/aromatic N) is 2. The monoisotopic (exact) mass is 200 g/mol. The predicted octanol–water partition coefficient (Wildman–Crippen LogP) is 2.24. The van der Waals surface area contributed by atoms with Gasteiger partial charge in [-0.05, 0) is 24.3 Å². The summed E-state index contributed by atoms with van der Waals surface area (Å²) in [7, 11) is 0. The van der Waals surface area contributed by atoms with E-state index in [4.69, 9.17) is 12.2 Å². The van der Waals surface area contributed by atoms with E-state index in [1.54, 1.807) is 12.4 Å². The molecular weight excluding hydrogens is 192 g/mol. The number of thiocarbonyl (C=S) groups is 1. The zero-order valence-electron chi connectivity index (χ0n) is 7.42. The van der Waals surface area contributed by atoms with Gasteiger partial charge >= 0.3 is 0 Å². The van der Waals surface area contributed by atoms with Gasteiger partial charge in [0.25, 0.3) is 0 Å². The lowest BCUT2D eigenvalue weighted by atomic mass is 10.2. The molecule has 0 amide bonds. The fourth-order valence-corrected chi connectivity index (χ4v) is 1.37. The van der Waals surface area contributed by atoms with Gasteiger partial charge in [0.05, 0.1) is 16.3 Å². The molecule has 2 nitrogen and oxygen atoms in total. The van der Waals surface area contributed by atoms with Crippen molar-refractivity contribution in [2.75, 3.05) is 0 Å². The summed E-state index contributed by atoms with van der Waals surface area (Å²) >= 11 is 5.26. The van der Waals surface area contributed by atoms with Crippen molar-refractivity contribution in [2.45, 2.75) is 0 Å².